The van der Waals surface area contributed by atoms with Gasteiger partial charge in [-0.05, 0) is 43.2 Å². The number of sulfonamides is 1. The molecule has 1 atom stereocenters. The van der Waals surface area contributed by atoms with E-state index in [1.54, 1.807) is 19.2 Å². The topological polar surface area (TPSA) is 72.5 Å². The van der Waals surface area contributed by atoms with Crippen molar-refractivity contribution in [1.82, 2.24) is 4.72 Å². The molecule has 0 saturated carbocycles. The fourth-order valence-corrected chi connectivity index (χ4v) is 3.66. The number of Topliss-reactive ketones (excluding diaryl/α,β-unsaturated/α-hetero) is 1. The van der Waals surface area contributed by atoms with E-state index in [2.05, 4.69) is 4.72 Å². The van der Waals surface area contributed by atoms with Gasteiger partial charge in [-0.1, -0.05) is 31.2 Å². The first-order chi connectivity index (χ1) is 11.4. The number of carbonyl (C=O) groups excluding carboxylic acids is 1. The van der Waals surface area contributed by atoms with Gasteiger partial charge < -0.3 is 4.74 Å². The molecule has 6 heteroatoms. The van der Waals surface area contributed by atoms with E-state index >= 15 is 0 Å². The van der Waals surface area contributed by atoms with Gasteiger partial charge in [-0.3, -0.25) is 4.79 Å². The second-order valence-corrected chi connectivity index (χ2v) is 7.15. The maximum atomic E-state index is 12.6. The highest BCUT2D eigenvalue weighted by atomic mass is 32.2. The Morgan fingerprint density at radius 1 is 1.08 bits per heavy atom. The molecule has 0 saturated heterocycles. The van der Waals surface area contributed by atoms with E-state index in [4.69, 9.17) is 4.74 Å². The highest BCUT2D eigenvalue weighted by molar-refractivity contribution is 7.89. The van der Waals surface area contributed by atoms with Crippen molar-refractivity contribution in [3.8, 4) is 5.75 Å². The van der Waals surface area contributed by atoms with Gasteiger partial charge in [0.1, 0.15) is 5.75 Å². The van der Waals surface area contributed by atoms with Crippen molar-refractivity contribution in [2.45, 2.75) is 31.2 Å². The van der Waals surface area contributed by atoms with Crippen molar-refractivity contribution in [2.75, 3.05) is 7.11 Å². The Kier molecular flexibility index (Phi) is 5.75. The summed E-state index contributed by atoms with van der Waals surface area (Å²) in [5.41, 5.74) is 1.35. The Labute approximate surface area is 142 Å². The summed E-state index contributed by atoms with van der Waals surface area (Å²) < 4.78 is 32.9. The van der Waals surface area contributed by atoms with Crippen LogP contribution >= 0.6 is 0 Å². The summed E-state index contributed by atoms with van der Waals surface area (Å²) in [5, 5.41) is 0. The molecule has 0 aliphatic carbocycles. The van der Waals surface area contributed by atoms with Crippen molar-refractivity contribution in [3.05, 3.63) is 59.7 Å². The molecule has 0 aliphatic heterocycles. The van der Waals surface area contributed by atoms with E-state index in [1.165, 1.54) is 31.2 Å². The van der Waals surface area contributed by atoms with Gasteiger partial charge in [0.25, 0.3) is 0 Å². The number of ketones is 1. The van der Waals surface area contributed by atoms with Crippen LogP contribution in [-0.2, 0) is 10.0 Å². The molecule has 1 N–H and O–H groups in total. The molecule has 2 aromatic carbocycles. The van der Waals surface area contributed by atoms with Gasteiger partial charge >= 0.3 is 0 Å². The summed E-state index contributed by atoms with van der Waals surface area (Å²) in [5.74, 6) is 0.618. The van der Waals surface area contributed by atoms with Crippen LogP contribution in [0.3, 0.4) is 0 Å². The summed E-state index contributed by atoms with van der Waals surface area (Å²) in [4.78, 5) is 11.4. The summed E-state index contributed by atoms with van der Waals surface area (Å²) in [6.45, 7) is 3.36. The number of carbonyl (C=O) groups is 1. The molecular weight excluding hydrogens is 326 g/mol. The van der Waals surface area contributed by atoms with Gasteiger partial charge in [0, 0.05) is 11.6 Å². The lowest BCUT2D eigenvalue weighted by molar-refractivity contribution is 0.101. The number of methoxy groups -OCH3 is 1. The molecule has 0 amide bonds. The van der Waals surface area contributed by atoms with Crippen molar-refractivity contribution in [1.29, 1.82) is 0 Å². The Balaban J connectivity index is 2.22. The first kappa shape index (κ1) is 18.2. The van der Waals surface area contributed by atoms with Crippen LogP contribution in [0, 0.1) is 0 Å². The molecule has 2 rings (SSSR count). The monoisotopic (exact) mass is 347 g/mol. The predicted octanol–water partition coefficient (Wildman–Crippen LogP) is 3.33. The highest BCUT2D eigenvalue weighted by Crippen LogP contribution is 2.22. The Hall–Kier alpha value is -2.18. The molecule has 128 valence electrons. The average molecular weight is 347 g/mol. The minimum Gasteiger partial charge on any atom is -0.497 e. The third-order valence-corrected chi connectivity index (χ3v) is 5.28. The van der Waals surface area contributed by atoms with Crippen molar-refractivity contribution >= 4 is 15.8 Å². The Morgan fingerprint density at radius 3 is 2.12 bits per heavy atom. The van der Waals surface area contributed by atoms with Crippen LogP contribution in [0.1, 0.15) is 42.2 Å². The first-order valence-electron chi connectivity index (χ1n) is 7.64. The van der Waals surface area contributed by atoms with Gasteiger partial charge in [0.15, 0.2) is 5.78 Å². The van der Waals surface area contributed by atoms with E-state index < -0.39 is 10.0 Å². The van der Waals surface area contributed by atoms with E-state index in [0.717, 1.165) is 11.3 Å². The fraction of sp³-hybridized carbons (Fsp3) is 0.278. The van der Waals surface area contributed by atoms with Gasteiger partial charge in [-0.25, -0.2) is 13.1 Å². The lowest BCUT2D eigenvalue weighted by Crippen LogP contribution is -2.28. The minimum atomic E-state index is -3.67. The van der Waals surface area contributed by atoms with Crippen molar-refractivity contribution in [2.24, 2.45) is 0 Å². The number of hydrogen-bond acceptors (Lipinski definition) is 4. The molecule has 0 aliphatic rings. The average Bonchev–Trinajstić information content (AvgIpc) is 2.60. The molecule has 0 spiro atoms. The molecule has 0 fully saturated rings. The second kappa shape index (κ2) is 7.59. The predicted molar refractivity (Wildman–Crippen MR) is 92.8 cm³/mol. The maximum absolute atomic E-state index is 12.6. The normalized spacial score (nSPS) is 12.6. The molecule has 0 bridgehead atoms. The number of benzene rings is 2. The highest BCUT2D eigenvalue weighted by Gasteiger charge is 2.20. The molecule has 0 aromatic heterocycles. The SMILES string of the molecule is CCC(NS(=O)(=O)c1ccc(C(C)=O)cc1)c1ccc(OC)cc1. The molecule has 0 radical (unpaired) electrons. The van der Waals surface area contributed by atoms with Gasteiger partial charge in [-0.2, -0.15) is 0 Å². The third-order valence-electron chi connectivity index (χ3n) is 3.79. The Bertz CT molecular complexity index is 796. The fourth-order valence-electron chi connectivity index (χ4n) is 2.35. The number of ether oxygens (including phenoxy) is 1. The number of rotatable bonds is 7. The van der Waals surface area contributed by atoms with Crippen molar-refractivity contribution in [3.63, 3.8) is 0 Å². The van der Waals surface area contributed by atoms with Crippen LogP contribution in [0.25, 0.3) is 0 Å². The number of hydrogen-bond donors (Lipinski definition) is 1. The molecular formula is C18H21NO4S. The van der Waals surface area contributed by atoms with Gasteiger partial charge in [0.2, 0.25) is 10.0 Å². The van der Waals surface area contributed by atoms with Crippen molar-refractivity contribution < 1.29 is 17.9 Å². The lowest BCUT2D eigenvalue weighted by Gasteiger charge is -2.18. The van der Waals surface area contributed by atoms with Gasteiger partial charge in [-0.15, -0.1) is 0 Å². The Morgan fingerprint density at radius 2 is 1.67 bits per heavy atom. The standard InChI is InChI=1S/C18H21NO4S/c1-4-18(15-5-9-16(23-3)10-6-15)19-24(21,22)17-11-7-14(8-12-17)13(2)20/h5-12,18-19H,4H2,1-3H3. The molecule has 1 unspecified atom stereocenters. The molecule has 5 nitrogen and oxygen atoms in total. The third kappa shape index (κ3) is 4.21. The van der Waals surface area contributed by atoms with Crippen LogP contribution in [0.2, 0.25) is 0 Å². The summed E-state index contributed by atoms with van der Waals surface area (Å²) in [6.07, 6.45) is 0.608. The summed E-state index contributed by atoms with van der Waals surface area (Å²) >= 11 is 0. The van der Waals surface area contributed by atoms with E-state index in [-0.39, 0.29) is 16.7 Å². The van der Waals surface area contributed by atoms with E-state index in [9.17, 15) is 13.2 Å². The van der Waals surface area contributed by atoms with Crippen LogP contribution in [0.5, 0.6) is 5.75 Å². The zero-order chi connectivity index (χ0) is 17.7. The first-order valence-corrected chi connectivity index (χ1v) is 9.13. The van der Waals surface area contributed by atoms with Crippen LogP contribution in [0.15, 0.2) is 53.4 Å². The molecule has 24 heavy (non-hydrogen) atoms. The number of nitrogens with one attached hydrogen (secondary N) is 1. The molecule has 0 heterocycles. The largest absolute Gasteiger partial charge is 0.497 e. The maximum Gasteiger partial charge on any atom is 0.241 e. The van der Waals surface area contributed by atoms with E-state index in [1.807, 2.05) is 19.1 Å². The zero-order valence-electron chi connectivity index (χ0n) is 13.9. The van der Waals surface area contributed by atoms with E-state index in [0.29, 0.717) is 12.0 Å². The van der Waals surface area contributed by atoms with Crippen LogP contribution in [0.4, 0.5) is 0 Å². The molecule has 2 aromatic rings. The quantitative estimate of drug-likeness (QED) is 0.780. The van der Waals surface area contributed by atoms with Gasteiger partial charge in [0.05, 0.1) is 12.0 Å². The van der Waals surface area contributed by atoms with Crippen LogP contribution in [-0.4, -0.2) is 21.3 Å². The minimum absolute atomic E-state index is 0.100. The summed E-state index contributed by atoms with van der Waals surface area (Å²) in [6, 6.07) is 12.9. The van der Waals surface area contributed by atoms with Crippen LogP contribution < -0.4 is 9.46 Å². The summed E-state index contributed by atoms with van der Waals surface area (Å²) in [7, 11) is -2.09. The zero-order valence-corrected chi connectivity index (χ0v) is 14.8. The smallest absolute Gasteiger partial charge is 0.241 e. The second-order valence-electron chi connectivity index (χ2n) is 5.44. The lowest BCUT2D eigenvalue weighted by atomic mass is 10.1.